The second-order valence-corrected chi connectivity index (χ2v) is 8.17. The molecule has 5 heteroatoms. The van der Waals surface area contributed by atoms with E-state index in [9.17, 15) is 9.59 Å². The topological polar surface area (TPSA) is 40.6 Å². The summed E-state index contributed by atoms with van der Waals surface area (Å²) in [6.45, 7) is 2.30. The lowest BCUT2D eigenvalue weighted by atomic mass is 9.94. The lowest BCUT2D eigenvalue weighted by Gasteiger charge is -2.34. The third kappa shape index (κ3) is 3.18. The highest BCUT2D eigenvalue weighted by molar-refractivity contribution is 7.99. The SMILES string of the molecule is O=C(C1CC1)N1CCC(C(=O)N2CCCSc3ccccc32)CC1. The van der Waals surface area contributed by atoms with Gasteiger partial charge in [0, 0.05) is 36.4 Å². The minimum absolute atomic E-state index is 0.0596. The van der Waals surface area contributed by atoms with E-state index in [1.54, 1.807) is 0 Å². The molecule has 0 N–H and O–H groups in total. The number of fused-ring (bicyclic) bond motifs is 1. The number of carbonyl (C=O) groups is 2. The summed E-state index contributed by atoms with van der Waals surface area (Å²) in [5.41, 5.74) is 1.07. The number of benzene rings is 1. The van der Waals surface area contributed by atoms with Gasteiger partial charge in [0.15, 0.2) is 0 Å². The van der Waals surface area contributed by atoms with Crippen molar-refractivity contribution in [1.29, 1.82) is 0 Å². The van der Waals surface area contributed by atoms with Crippen LogP contribution in [0.25, 0.3) is 0 Å². The van der Waals surface area contributed by atoms with Crippen molar-refractivity contribution in [3.8, 4) is 0 Å². The van der Waals surface area contributed by atoms with Crippen LogP contribution in [0.5, 0.6) is 0 Å². The minimum Gasteiger partial charge on any atom is -0.342 e. The summed E-state index contributed by atoms with van der Waals surface area (Å²) in [5, 5.41) is 0. The Bertz CT molecular complexity index is 636. The van der Waals surface area contributed by atoms with Crippen LogP contribution in [0.15, 0.2) is 29.2 Å². The zero-order valence-corrected chi connectivity index (χ0v) is 14.8. The first-order chi connectivity index (χ1) is 11.7. The van der Waals surface area contributed by atoms with Crippen molar-refractivity contribution in [2.24, 2.45) is 11.8 Å². The third-order valence-electron chi connectivity index (χ3n) is 5.29. The van der Waals surface area contributed by atoms with Crippen LogP contribution in [0.2, 0.25) is 0 Å². The van der Waals surface area contributed by atoms with Crippen molar-refractivity contribution < 1.29 is 9.59 Å². The first-order valence-corrected chi connectivity index (χ1v) is 10.0. The van der Waals surface area contributed by atoms with Gasteiger partial charge in [-0.25, -0.2) is 0 Å². The van der Waals surface area contributed by atoms with Crippen molar-refractivity contribution in [3.63, 3.8) is 0 Å². The average molecular weight is 344 g/mol. The number of piperidine rings is 1. The lowest BCUT2D eigenvalue weighted by molar-refractivity contribution is -0.136. The molecule has 0 bridgehead atoms. The van der Waals surface area contributed by atoms with Crippen molar-refractivity contribution in [2.45, 2.75) is 37.0 Å². The van der Waals surface area contributed by atoms with E-state index in [4.69, 9.17) is 0 Å². The predicted octanol–water partition coefficient (Wildman–Crippen LogP) is 3.16. The summed E-state index contributed by atoms with van der Waals surface area (Å²) in [4.78, 5) is 30.5. The maximum atomic E-state index is 13.1. The molecule has 128 valence electrons. The number of carbonyl (C=O) groups excluding carboxylic acids is 2. The molecule has 2 amide bonds. The molecule has 2 heterocycles. The molecular formula is C19H24N2O2S. The molecule has 2 fully saturated rings. The Hall–Kier alpha value is -1.49. The van der Waals surface area contributed by atoms with E-state index in [2.05, 4.69) is 12.1 Å². The third-order valence-corrected chi connectivity index (χ3v) is 6.44. The number of likely N-dealkylation sites (tertiary alicyclic amines) is 1. The van der Waals surface area contributed by atoms with Crippen molar-refractivity contribution in [3.05, 3.63) is 24.3 Å². The van der Waals surface area contributed by atoms with Gasteiger partial charge in [-0.3, -0.25) is 9.59 Å². The fourth-order valence-corrected chi connectivity index (χ4v) is 4.71. The van der Waals surface area contributed by atoms with Gasteiger partial charge in [-0.05, 0) is 50.0 Å². The highest BCUT2D eigenvalue weighted by Crippen LogP contribution is 2.36. The Labute approximate surface area is 147 Å². The molecule has 0 aromatic heterocycles. The summed E-state index contributed by atoms with van der Waals surface area (Å²) >= 11 is 1.85. The number of amides is 2. The van der Waals surface area contributed by atoms with Crippen LogP contribution in [0.3, 0.4) is 0 Å². The normalized spacial score (nSPS) is 22.0. The summed E-state index contributed by atoms with van der Waals surface area (Å²) in [6, 6.07) is 8.24. The second-order valence-electron chi connectivity index (χ2n) is 7.03. The molecule has 4 nitrogen and oxygen atoms in total. The number of rotatable bonds is 2. The number of hydrogen-bond acceptors (Lipinski definition) is 3. The second kappa shape index (κ2) is 6.79. The first-order valence-electron chi connectivity index (χ1n) is 9.06. The molecule has 1 aliphatic carbocycles. The molecule has 1 aromatic carbocycles. The zero-order valence-electron chi connectivity index (χ0n) is 13.9. The molecule has 0 atom stereocenters. The van der Waals surface area contributed by atoms with Crippen LogP contribution in [0.1, 0.15) is 32.1 Å². The molecule has 0 unspecified atom stereocenters. The largest absolute Gasteiger partial charge is 0.342 e. The highest BCUT2D eigenvalue weighted by Gasteiger charge is 2.37. The number of para-hydroxylation sites is 1. The Morgan fingerprint density at radius 1 is 0.917 bits per heavy atom. The van der Waals surface area contributed by atoms with Gasteiger partial charge in [0.1, 0.15) is 0 Å². The maximum Gasteiger partial charge on any atom is 0.230 e. The van der Waals surface area contributed by atoms with E-state index in [-0.39, 0.29) is 17.7 Å². The van der Waals surface area contributed by atoms with Crippen LogP contribution in [-0.2, 0) is 9.59 Å². The molecule has 4 rings (SSSR count). The Balaban J connectivity index is 1.43. The number of anilines is 1. The average Bonchev–Trinajstić information content (AvgIpc) is 3.47. The van der Waals surface area contributed by atoms with Crippen LogP contribution >= 0.6 is 11.8 Å². The molecule has 1 saturated carbocycles. The smallest absolute Gasteiger partial charge is 0.230 e. The van der Waals surface area contributed by atoms with Gasteiger partial charge in [-0.15, -0.1) is 11.8 Å². The van der Waals surface area contributed by atoms with Gasteiger partial charge < -0.3 is 9.80 Å². The summed E-state index contributed by atoms with van der Waals surface area (Å²) in [6.07, 6.45) is 4.76. The van der Waals surface area contributed by atoms with E-state index < -0.39 is 0 Å². The van der Waals surface area contributed by atoms with E-state index >= 15 is 0 Å². The van der Waals surface area contributed by atoms with Crippen molar-refractivity contribution in [2.75, 3.05) is 30.3 Å². The fraction of sp³-hybridized carbons (Fsp3) is 0.579. The molecule has 24 heavy (non-hydrogen) atoms. The molecule has 1 saturated heterocycles. The Kier molecular flexibility index (Phi) is 4.53. The summed E-state index contributed by atoms with van der Waals surface area (Å²) in [5.74, 6) is 1.98. The predicted molar refractivity (Wildman–Crippen MR) is 96.2 cm³/mol. The van der Waals surface area contributed by atoms with Crippen LogP contribution < -0.4 is 4.90 Å². The van der Waals surface area contributed by atoms with E-state index in [0.29, 0.717) is 5.91 Å². The standard InChI is InChI=1S/C19H24N2O2S/c22-18(14-6-7-14)20-11-8-15(9-12-20)19(23)21-10-3-13-24-17-5-2-1-4-16(17)21/h1-2,4-5,14-15H,3,6-13H2. The van der Waals surface area contributed by atoms with E-state index in [1.807, 2.05) is 33.7 Å². The number of hydrogen-bond donors (Lipinski definition) is 0. The zero-order chi connectivity index (χ0) is 16.5. The van der Waals surface area contributed by atoms with Gasteiger partial charge in [0.2, 0.25) is 11.8 Å². The van der Waals surface area contributed by atoms with Gasteiger partial charge >= 0.3 is 0 Å². The Morgan fingerprint density at radius 2 is 1.62 bits per heavy atom. The van der Waals surface area contributed by atoms with Crippen molar-refractivity contribution in [1.82, 2.24) is 4.90 Å². The molecule has 0 spiro atoms. The van der Waals surface area contributed by atoms with Gasteiger partial charge in [-0.1, -0.05) is 12.1 Å². The summed E-state index contributed by atoms with van der Waals surface area (Å²) < 4.78 is 0. The monoisotopic (exact) mass is 344 g/mol. The molecular weight excluding hydrogens is 320 g/mol. The molecule has 2 aliphatic heterocycles. The number of nitrogens with zero attached hydrogens (tertiary/aromatic N) is 2. The molecule has 0 radical (unpaired) electrons. The number of thioether (sulfide) groups is 1. The van der Waals surface area contributed by atoms with Crippen LogP contribution in [-0.4, -0.2) is 42.1 Å². The minimum atomic E-state index is 0.0596. The first kappa shape index (κ1) is 16.0. The summed E-state index contributed by atoms with van der Waals surface area (Å²) in [7, 11) is 0. The van der Waals surface area contributed by atoms with E-state index in [1.165, 1.54) is 4.90 Å². The van der Waals surface area contributed by atoms with Gasteiger partial charge in [-0.2, -0.15) is 0 Å². The van der Waals surface area contributed by atoms with Crippen LogP contribution in [0.4, 0.5) is 5.69 Å². The van der Waals surface area contributed by atoms with E-state index in [0.717, 1.165) is 63.2 Å². The fourth-order valence-electron chi connectivity index (χ4n) is 3.71. The van der Waals surface area contributed by atoms with Crippen LogP contribution in [0, 0.1) is 11.8 Å². The van der Waals surface area contributed by atoms with Crippen molar-refractivity contribution >= 4 is 29.3 Å². The van der Waals surface area contributed by atoms with Gasteiger partial charge in [0.05, 0.1) is 5.69 Å². The molecule has 3 aliphatic rings. The lowest BCUT2D eigenvalue weighted by Crippen LogP contribution is -2.45. The highest BCUT2D eigenvalue weighted by atomic mass is 32.2. The quantitative estimate of drug-likeness (QED) is 0.827. The van der Waals surface area contributed by atoms with Gasteiger partial charge in [0.25, 0.3) is 0 Å². The maximum absolute atomic E-state index is 13.1. The Morgan fingerprint density at radius 3 is 2.38 bits per heavy atom. The molecule has 1 aromatic rings.